The van der Waals surface area contributed by atoms with Gasteiger partial charge in [0.05, 0.1) is 6.61 Å². The van der Waals surface area contributed by atoms with Crippen LogP contribution >= 0.6 is 0 Å². The zero-order chi connectivity index (χ0) is 13.2. The molecule has 1 amide bonds. The number of ether oxygens (including phenoxy) is 1. The molecule has 3 N–H and O–H groups in total. The molecule has 2 rings (SSSR count). The van der Waals surface area contributed by atoms with Crippen LogP contribution < -0.4 is 11.1 Å². The Morgan fingerprint density at radius 2 is 2.28 bits per heavy atom. The molecule has 2 heterocycles. The lowest BCUT2D eigenvalue weighted by molar-refractivity contribution is -0.126. The summed E-state index contributed by atoms with van der Waals surface area (Å²) in [5, 5.41) is 2.97. The quantitative estimate of drug-likeness (QED) is 0.641. The van der Waals surface area contributed by atoms with E-state index in [4.69, 9.17) is 10.5 Å². The maximum atomic E-state index is 12.0. The van der Waals surface area contributed by atoms with Crippen molar-refractivity contribution >= 4 is 5.91 Å². The molecule has 2 atom stereocenters. The van der Waals surface area contributed by atoms with Gasteiger partial charge in [0.15, 0.2) is 0 Å². The SMILES string of the molecule is CN1CCN(C)C(CNC(=O)C2(N)CCOC2)C1. The fourth-order valence-corrected chi connectivity index (χ4v) is 2.47. The average Bonchev–Trinajstić information content (AvgIpc) is 2.78. The molecule has 104 valence electrons. The molecule has 2 fully saturated rings. The minimum atomic E-state index is -0.820. The van der Waals surface area contributed by atoms with Gasteiger partial charge in [-0.25, -0.2) is 0 Å². The van der Waals surface area contributed by atoms with Gasteiger partial charge in [-0.1, -0.05) is 0 Å². The zero-order valence-corrected chi connectivity index (χ0v) is 11.3. The number of rotatable bonds is 3. The summed E-state index contributed by atoms with van der Waals surface area (Å²) in [7, 11) is 4.21. The van der Waals surface area contributed by atoms with Crippen LogP contribution in [0.1, 0.15) is 6.42 Å². The Bertz CT molecular complexity index is 304. The smallest absolute Gasteiger partial charge is 0.242 e. The summed E-state index contributed by atoms with van der Waals surface area (Å²) in [4.78, 5) is 16.6. The molecule has 0 radical (unpaired) electrons. The molecule has 0 aromatic carbocycles. The van der Waals surface area contributed by atoms with Crippen molar-refractivity contribution in [1.29, 1.82) is 0 Å². The van der Waals surface area contributed by atoms with Crippen LogP contribution in [0, 0.1) is 0 Å². The molecule has 0 bridgehead atoms. The lowest BCUT2D eigenvalue weighted by Gasteiger charge is -2.38. The van der Waals surface area contributed by atoms with E-state index < -0.39 is 5.54 Å². The highest BCUT2D eigenvalue weighted by molar-refractivity contribution is 5.86. The molecule has 6 heteroatoms. The molecule has 2 aliphatic heterocycles. The normalized spacial score (nSPS) is 34.7. The van der Waals surface area contributed by atoms with Crippen LogP contribution in [0.15, 0.2) is 0 Å². The fourth-order valence-electron chi connectivity index (χ4n) is 2.47. The summed E-state index contributed by atoms with van der Waals surface area (Å²) in [6, 6.07) is 0.360. The van der Waals surface area contributed by atoms with Gasteiger partial charge in [-0.3, -0.25) is 9.69 Å². The van der Waals surface area contributed by atoms with Crippen molar-refractivity contribution in [3.05, 3.63) is 0 Å². The molecular formula is C12H24N4O2. The first-order chi connectivity index (χ1) is 8.51. The molecule has 0 aromatic rings. The maximum absolute atomic E-state index is 12.0. The number of likely N-dealkylation sites (N-methyl/N-ethyl adjacent to an activating group) is 2. The first kappa shape index (κ1) is 13.7. The van der Waals surface area contributed by atoms with Crippen LogP contribution in [-0.2, 0) is 9.53 Å². The van der Waals surface area contributed by atoms with E-state index in [0.29, 0.717) is 32.2 Å². The van der Waals surface area contributed by atoms with E-state index in [2.05, 4.69) is 29.2 Å². The van der Waals surface area contributed by atoms with E-state index in [1.54, 1.807) is 0 Å². The standard InChI is InChI=1S/C12H24N4O2/c1-15-4-5-16(2)10(8-15)7-14-11(17)12(13)3-6-18-9-12/h10H,3-9,13H2,1-2H3,(H,14,17). The van der Waals surface area contributed by atoms with Crippen LogP contribution in [0.2, 0.25) is 0 Å². The van der Waals surface area contributed by atoms with Gasteiger partial charge in [0.25, 0.3) is 0 Å². The van der Waals surface area contributed by atoms with E-state index in [1.807, 2.05) is 0 Å². The van der Waals surface area contributed by atoms with Gasteiger partial charge in [-0.05, 0) is 20.5 Å². The third kappa shape index (κ3) is 3.00. The number of hydrogen-bond donors (Lipinski definition) is 2. The number of nitrogens with two attached hydrogens (primary N) is 1. The summed E-state index contributed by atoms with van der Waals surface area (Å²) in [6.45, 7) is 4.65. The second-order valence-corrected chi connectivity index (χ2v) is 5.57. The minimum Gasteiger partial charge on any atom is -0.379 e. The van der Waals surface area contributed by atoms with Gasteiger partial charge in [0, 0.05) is 38.8 Å². The van der Waals surface area contributed by atoms with Crippen molar-refractivity contribution in [3.8, 4) is 0 Å². The molecular weight excluding hydrogens is 232 g/mol. The summed E-state index contributed by atoms with van der Waals surface area (Å²) in [5.41, 5.74) is 5.20. The molecule has 0 aliphatic carbocycles. The highest BCUT2D eigenvalue weighted by atomic mass is 16.5. The second kappa shape index (κ2) is 5.52. The number of amides is 1. The Hall–Kier alpha value is -0.690. The van der Waals surface area contributed by atoms with E-state index >= 15 is 0 Å². The fraction of sp³-hybridized carbons (Fsp3) is 0.917. The number of carbonyl (C=O) groups is 1. The lowest BCUT2D eigenvalue weighted by atomic mass is 9.99. The Morgan fingerprint density at radius 1 is 1.50 bits per heavy atom. The van der Waals surface area contributed by atoms with Gasteiger partial charge in [0.2, 0.25) is 5.91 Å². The van der Waals surface area contributed by atoms with E-state index in [9.17, 15) is 4.79 Å². The van der Waals surface area contributed by atoms with Crippen molar-refractivity contribution in [3.63, 3.8) is 0 Å². The molecule has 0 spiro atoms. The van der Waals surface area contributed by atoms with Crippen molar-refractivity contribution in [2.24, 2.45) is 5.73 Å². The van der Waals surface area contributed by atoms with Crippen molar-refractivity contribution in [2.75, 3.05) is 53.5 Å². The molecule has 2 saturated heterocycles. The van der Waals surface area contributed by atoms with E-state index in [1.165, 1.54) is 0 Å². The van der Waals surface area contributed by atoms with Gasteiger partial charge >= 0.3 is 0 Å². The summed E-state index contributed by atoms with van der Waals surface area (Å²) >= 11 is 0. The maximum Gasteiger partial charge on any atom is 0.242 e. The second-order valence-electron chi connectivity index (χ2n) is 5.57. The van der Waals surface area contributed by atoms with Crippen LogP contribution in [0.4, 0.5) is 0 Å². The third-order valence-electron chi connectivity index (χ3n) is 3.98. The van der Waals surface area contributed by atoms with Crippen LogP contribution in [0.25, 0.3) is 0 Å². The summed E-state index contributed by atoms with van der Waals surface area (Å²) in [5.74, 6) is -0.0818. The average molecular weight is 256 g/mol. The van der Waals surface area contributed by atoms with Gasteiger partial charge in [-0.2, -0.15) is 0 Å². The van der Waals surface area contributed by atoms with Crippen LogP contribution in [0.3, 0.4) is 0 Å². The number of nitrogens with zero attached hydrogens (tertiary/aromatic N) is 2. The Labute approximate surface area is 108 Å². The number of piperazine rings is 1. The van der Waals surface area contributed by atoms with Gasteiger partial charge < -0.3 is 20.7 Å². The number of nitrogens with one attached hydrogen (secondary N) is 1. The van der Waals surface area contributed by atoms with Crippen molar-refractivity contribution in [1.82, 2.24) is 15.1 Å². The topological polar surface area (TPSA) is 70.8 Å². The van der Waals surface area contributed by atoms with E-state index in [0.717, 1.165) is 19.6 Å². The Morgan fingerprint density at radius 3 is 2.94 bits per heavy atom. The monoisotopic (exact) mass is 256 g/mol. The number of hydrogen-bond acceptors (Lipinski definition) is 5. The predicted molar refractivity (Wildman–Crippen MR) is 69.3 cm³/mol. The molecule has 0 aromatic heterocycles. The highest BCUT2D eigenvalue weighted by Gasteiger charge is 2.38. The first-order valence-electron chi connectivity index (χ1n) is 6.55. The highest BCUT2D eigenvalue weighted by Crippen LogP contribution is 2.15. The summed E-state index contributed by atoms with van der Waals surface area (Å²) < 4.78 is 5.21. The molecule has 6 nitrogen and oxygen atoms in total. The van der Waals surface area contributed by atoms with Crippen molar-refractivity contribution in [2.45, 2.75) is 18.0 Å². The number of carbonyl (C=O) groups excluding carboxylic acids is 1. The predicted octanol–water partition coefficient (Wildman–Crippen LogP) is -1.53. The molecule has 2 unspecified atom stereocenters. The largest absolute Gasteiger partial charge is 0.379 e. The lowest BCUT2D eigenvalue weighted by Crippen LogP contribution is -2.59. The van der Waals surface area contributed by atoms with Crippen molar-refractivity contribution < 1.29 is 9.53 Å². The van der Waals surface area contributed by atoms with E-state index in [-0.39, 0.29) is 5.91 Å². The Balaban J connectivity index is 1.81. The van der Waals surface area contributed by atoms with Gasteiger partial charge in [-0.15, -0.1) is 0 Å². The zero-order valence-electron chi connectivity index (χ0n) is 11.3. The van der Waals surface area contributed by atoms with Gasteiger partial charge in [0.1, 0.15) is 5.54 Å². The van der Waals surface area contributed by atoms with Crippen LogP contribution in [-0.4, -0.2) is 80.8 Å². The summed E-state index contributed by atoms with van der Waals surface area (Å²) in [6.07, 6.45) is 0.610. The van der Waals surface area contributed by atoms with Crippen LogP contribution in [0.5, 0.6) is 0 Å². The molecule has 2 aliphatic rings. The third-order valence-corrected chi connectivity index (χ3v) is 3.98. The Kier molecular flexibility index (Phi) is 4.21. The molecule has 18 heavy (non-hydrogen) atoms. The minimum absolute atomic E-state index is 0.0818. The first-order valence-corrected chi connectivity index (χ1v) is 6.55. The molecule has 0 saturated carbocycles.